The summed E-state index contributed by atoms with van der Waals surface area (Å²) in [5, 5.41) is 28.5. The minimum atomic E-state index is -1.48. The minimum absolute atomic E-state index is 0.0618. The van der Waals surface area contributed by atoms with Gasteiger partial charge in [0.05, 0.1) is 21.1 Å². The number of anilines is 1. The molecule has 1 N–H and O–H groups in total. The van der Waals surface area contributed by atoms with E-state index in [1.165, 1.54) is 29.4 Å². The molecule has 0 aliphatic carbocycles. The molecule has 1 unspecified atom stereocenters. The number of nitrogens with one attached hydrogen (secondary N) is 1. The second-order valence-electron chi connectivity index (χ2n) is 8.28. The third-order valence-corrected chi connectivity index (χ3v) is 5.94. The van der Waals surface area contributed by atoms with Crippen LogP contribution in [0.3, 0.4) is 0 Å². The molecule has 0 saturated carbocycles. The van der Waals surface area contributed by atoms with E-state index in [9.17, 15) is 20.2 Å². The zero-order chi connectivity index (χ0) is 26.7. The summed E-state index contributed by atoms with van der Waals surface area (Å²) in [6.45, 7) is 4.25. The molecule has 1 heterocycles. The van der Waals surface area contributed by atoms with Crippen LogP contribution in [0, 0.1) is 20.2 Å². The number of hydrogen-bond donors (Lipinski definition) is 1. The lowest BCUT2D eigenvalue weighted by molar-refractivity contribution is -0.606. The summed E-state index contributed by atoms with van der Waals surface area (Å²) >= 11 is 0. The predicted octanol–water partition coefficient (Wildman–Crippen LogP) is 5.06. The van der Waals surface area contributed by atoms with Crippen molar-refractivity contribution in [3.63, 3.8) is 0 Å². The second-order valence-corrected chi connectivity index (χ2v) is 8.28. The fourth-order valence-electron chi connectivity index (χ4n) is 3.97. The molecule has 0 aromatic heterocycles. The van der Waals surface area contributed by atoms with Crippen LogP contribution in [0.5, 0.6) is 0 Å². The molecule has 38 heavy (non-hydrogen) atoms. The largest absolute Gasteiger partial charge is 0.423 e. The van der Waals surface area contributed by atoms with Gasteiger partial charge in [0.25, 0.3) is 11.4 Å². The monoisotopic (exact) mass is 509 g/mol. The zero-order valence-corrected chi connectivity index (χ0v) is 19.9. The van der Waals surface area contributed by atoms with Crippen LogP contribution in [0.15, 0.2) is 114 Å². The molecule has 188 valence electrons. The Labute approximate surface area is 216 Å². The highest BCUT2D eigenvalue weighted by atomic mass is 16.6. The topological polar surface area (TPSA) is 126 Å². The van der Waals surface area contributed by atoms with Crippen molar-refractivity contribution in [3.05, 3.63) is 141 Å². The van der Waals surface area contributed by atoms with Crippen LogP contribution in [0.2, 0.25) is 0 Å². The molecule has 5 rings (SSSR count). The van der Waals surface area contributed by atoms with E-state index in [0.29, 0.717) is 22.5 Å². The lowest BCUT2D eigenvalue weighted by Crippen LogP contribution is -2.61. The number of benzene rings is 4. The third-order valence-electron chi connectivity index (χ3n) is 5.94. The maximum absolute atomic E-state index is 11.2. The van der Waals surface area contributed by atoms with E-state index in [4.69, 9.17) is 4.74 Å². The molecule has 0 radical (unpaired) electrons. The van der Waals surface area contributed by atoms with Crippen LogP contribution in [0.1, 0.15) is 11.1 Å². The second kappa shape index (κ2) is 9.91. The molecule has 0 saturated heterocycles. The van der Waals surface area contributed by atoms with Gasteiger partial charge < -0.3 is 4.74 Å². The Morgan fingerprint density at radius 2 is 1.24 bits per heavy atom. The van der Waals surface area contributed by atoms with Crippen molar-refractivity contribution >= 4 is 35.4 Å². The number of hydrogen-bond acceptors (Lipinski definition) is 8. The first kappa shape index (κ1) is 24.3. The summed E-state index contributed by atoms with van der Waals surface area (Å²) in [5.41, 5.74) is 5.50. The molecule has 1 atom stereocenters. The van der Waals surface area contributed by atoms with Crippen LogP contribution < -0.4 is 10.5 Å². The fraction of sp³-hybridized carbons (Fsp3) is 0.0370. The number of nitro groups is 2. The van der Waals surface area contributed by atoms with Crippen molar-refractivity contribution in [1.29, 1.82) is 0 Å². The lowest BCUT2D eigenvalue weighted by Gasteiger charge is -2.38. The van der Waals surface area contributed by atoms with Crippen LogP contribution in [0.25, 0.3) is 0 Å². The van der Waals surface area contributed by atoms with Crippen LogP contribution >= 0.6 is 0 Å². The van der Waals surface area contributed by atoms with E-state index >= 15 is 0 Å². The first-order valence-electron chi connectivity index (χ1n) is 11.4. The quantitative estimate of drug-likeness (QED) is 0.160. The van der Waals surface area contributed by atoms with Crippen LogP contribution in [0.4, 0.5) is 22.7 Å². The van der Waals surface area contributed by atoms with Gasteiger partial charge in [0.2, 0.25) is 11.6 Å². The molecule has 0 amide bonds. The van der Waals surface area contributed by atoms with Gasteiger partial charge in [0.1, 0.15) is 6.72 Å². The van der Waals surface area contributed by atoms with Gasteiger partial charge in [-0.25, -0.2) is 0 Å². The zero-order valence-electron chi connectivity index (χ0n) is 19.9. The van der Waals surface area contributed by atoms with E-state index in [1.807, 2.05) is 60.7 Å². The van der Waals surface area contributed by atoms with Crippen LogP contribution in [-0.2, 0) is 10.6 Å². The SMILES string of the molecule is C=[N+](c1ccc([N+](=O)[O-])cc1)C1(c2ccccc2)NN(c2ccc([N+](=O)[O-])cc2)N=C(c2ccccc2)O1. The van der Waals surface area contributed by atoms with Gasteiger partial charge in [0.15, 0.2) is 0 Å². The van der Waals surface area contributed by atoms with Gasteiger partial charge in [-0.15, -0.1) is 15.1 Å². The smallest absolute Gasteiger partial charge is 0.394 e. The highest BCUT2D eigenvalue weighted by Gasteiger charge is 2.52. The fourth-order valence-corrected chi connectivity index (χ4v) is 3.97. The predicted molar refractivity (Wildman–Crippen MR) is 141 cm³/mol. The molecule has 11 heteroatoms. The molecule has 0 fully saturated rings. The molecule has 4 aromatic carbocycles. The van der Waals surface area contributed by atoms with Crippen molar-refractivity contribution in [1.82, 2.24) is 5.43 Å². The lowest BCUT2D eigenvalue weighted by atomic mass is 10.1. The Morgan fingerprint density at radius 1 is 0.737 bits per heavy atom. The number of ether oxygens (including phenoxy) is 1. The van der Waals surface area contributed by atoms with Gasteiger partial charge in [-0.2, -0.15) is 5.12 Å². The number of non-ortho nitro benzene ring substituents is 2. The number of nitrogens with zero attached hydrogens (tertiary/aromatic N) is 5. The van der Waals surface area contributed by atoms with Crippen molar-refractivity contribution in [2.45, 2.75) is 5.85 Å². The molecule has 4 aromatic rings. The van der Waals surface area contributed by atoms with Gasteiger partial charge >= 0.3 is 5.85 Å². The maximum atomic E-state index is 11.2. The Kier molecular flexibility index (Phi) is 6.33. The van der Waals surface area contributed by atoms with E-state index in [2.05, 4.69) is 17.2 Å². The summed E-state index contributed by atoms with van der Waals surface area (Å²) in [7, 11) is 0. The van der Waals surface area contributed by atoms with E-state index in [1.54, 1.807) is 28.8 Å². The summed E-state index contributed by atoms with van der Waals surface area (Å²) in [5.74, 6) is -1.23. The number of hydrazone groups is 1. The summed E-state index contributed by atoms with van der Waals surface area (Å²) in [6.07, 6.45) is 0. The van der Waals surface area contributed by atoms with E-state index < -0.39 is 15.7 Å². The van der Waals surface area contributed by atoms with Crippen LogP contribution in [-0.4, -0.2) is 27.0 Å². The molecular weight excluding hydrogens is 488 g/mol. The molecular formula is C27H21N6O5+. The normalized spacial score (nSPS) is 16.7. The van der Waals surface area contributed by atoms with Gasteiger partial charge in [-0.05, 0) is 36.4 Å². The molecule has 1 aliphatic rings. The summed E-state index contributed by atoms with van der Waals surface area (Å²) in [4.78, 5) is 21.5. The number of rotatable bonds is 7. The highest BCUT2D eigenvalue weighted by molar-refractivity contribution is 5.95. The Hall–Kier alpha value is -5.42. The molecule has 0 bridgehead atoms. The average Bonchev–Trinajstić information content (AvgIpc) is 2.97. The molecule has 11 nitrogen and oxygen atoms in total. The Bertz CT molecular complexity index is 1530. The maximum Gasteiger partial charge on any atom is 0.423 e. The number of hydrazine groups is 1. The van der Waals surface area contributed by atoms with Crippen molar-refractivity contribution in [3.8, 4) is 0 Å². The summed E-state index contributed by atoms with van der Waals surface area (Å²) < 4.78 is 8.13. The summed E-state index contributed by atoms with van der Waals surface area (Å²) in [6, 6.07) is 30.3. The Morgan fingerprint density at radius 3 is 1.79 bits per heavy atom. The Balaban J connectivity index is 1.67. The van der Waals surface area contributed by atoms with Crippen molar-refractivity contribution in [2.75, 3.05) is 5.12 Å². The van der Waals surface area contributed by atoms with Crippen molar-refractivity contribution in [2.24, 2.45) is 5.10 Å². The highest BCUT2D eigenvalue weighted by Crippen LogP contribution is 2.35. The average molecular weight is 510 g/mol. The third kappa shape index (κ3) is 4.56. The van der Waals surface area contributed by atoms with Crippen molar-refractivity contribution < 1.29 is 19.2 Å². The molecule has 1 aliphatic heterocycles. The minimum Gasteiger partial charge on any atom is -0.394 e. The van der Waals surface area contributed by atoms with Gasteiger partial charge in [-0.1, -0.05) is 36.4 Å². The standard InChI is InChI=1S/C27H21N6O5/c1-30(22-12-16-24(17-13-22)32(34)35)27(21-10-6-3-7-11-21)29-31(23-14-18-25(19-15-23)33(36)37)28-26(38-27)20-8-4-2-5-9-20/h2-19,29H,1H2/q+1. The first-order valence-corrected chi connectivity index (χ1v) is 11.4. The number of nitro benzene ring substituents is 2. The van der Waals surface area contributed by atoms with Gasteiger partial charge in [-0.3, -0.25) is 20.2 Å². The van der Waals surface area contributed by atoms with E-state index in [0.717, 1.165) is 0 Å². The van der Waals surface area contributed by atoms with E-state index in [-0.39, 0.29) is 17.3 Å². The first-order chi connectivity index (χ1) is 18.4. The van der Waals surface area contributed by atoms with Gasteiger partial charge in [0, 0.05) is 42.0 Å². The molecule has 0 spiro atoms.